The summed E-state index contributed by atoms with van der Waals surface area (Å²) >= 11 is 0. The first-order chi connectivity index (χ1) is 13.1. The second kappa shape index (κ2) is 9.33. The van der Waals surface area contributed by atoms with Gasteiger partial charge in [0.25, 0.3) is 0 Å². The Balaban J connectivity index is 1.49. The molecule has 1 atom stereocenters. The molecule has 2 aliphatic rings. The molecule has 2 aliphatic heterocycles. The SMILES string of the molecule is COCCN1CCC(CN(C)C(=O)[C@@H]2CCN(c3ccccc3)C2=O)CC1. The first kappa shape index (κ1) is 19.8. The van der Waals surface area contributed by atoms with Crippen LogP contribution in [0.15, 0.2) is 30.3 Å². The van der Waals surface area contributed by atoms with Crippen molar-refractivity contribution in [1.82, 2.24) is 9.80 Å². The monoisotopic (exact) mass is 373 g/mol. The number of carbonyl (C=O) groups excluding carboxylic acids is 2. The zero-order valence-corrected chi connectivity index (χ0v) is 16.5. The van der Waals surface area contributed by atoms with Crippen LogP contribution in [0, 0.1) is 11.8 Å². The van der Waals surface area contributed by atoms with Crippen LogP contribution in [0.25, 0.3) is 0 Å². The average Bonchev–Trinajstić information content (AvgIpc) is 3.08. The highest BCUT2D eigenvalue weighted by Crippen LogP contribution is 2.27. The van der Waals surface area contributed by atoms with Crippen molar-refractivity contribution in [2.24, 2.45) is 11.8 Å². The van der Waals surface area contributed by atoms with Crippen LogP contribution < -0.4 is 4.90 Å². The number of nitrogens with zero attached hydrogens (tertiary/aromatic N) is 3. The summed E-state index contributed by atoms with van der Waals surface area (Å²) in [5, 5.41) is 0. The van der Waals surface area contributed by atoms with Gasteiger partial charge in [-0.3, -0.25) is 9.59 Å². The Morgan fingerprint density at radius 2 is 1.85 bits per heavy atom. The van der Waals surface area contributed by atoms with Crippen LogP contribution in [-0.2, 0) is 14.3 Å². The van der Waals surface area contributed by atoms with Crippen LogP contribution in [0.4, 0.5) is 5.69 Å². The number of hydrogen-bond acceptors (Lipinski definition) is 4. The molecule has 2 fully saturated rings. The van der Waals surface area contributed by atoms with Crippen LogP contribution >= 0.6 is 0 Å². The summed E-state index contributed by atoms with van der Waals surface area (Å²) in [4.78, 5) is 31.6. The Labute approximate surface area is 162 Å². The summed E-state index contributed by atoms with van der Waals surface area (Å²) in [6.07, 6.45) is 2.79. The highest BCUT2D eigenvalue weighted by molar-refractivity contribution is 6.09. The number of likely N-dealkylation sites (tertiary alicyclic amines) is 1. The smallest absolute Gasteiger partial charge is 0.239 e. The Bertz CT molecular complexity index is 629. The van der Waals surface area contributed by atoms with Crippen molar-refractivity contribution in [2.75, 3.05) is 58.4 Å². The lowest BCUT2D eigenvalue weighted by Gasteiger charge is -2.34. The topological polar surface area (TPSA) is 53.1 Å². The van der Waals surface area contributed by atoms with Crippen molar-refractivity contribution in [3.63, 3.8) is 0 Å². The lowest BCUT2D eigenvalue weighted by Crippen LogP contribution is -2.43. The standard InChI is InChI=1S/C21H31N3O3/c1-22(16-17-8-11-23(12-9-17)14-15-27-2)20(25)19-10-13-24(21(19)26)18-6-4-3-5-7-18/h3-7,17,19H,8-16H2,1-2H3/t19-/m0/s1. The highest BCUT2D eigenvalue weighted by Gasteiger charge is 2.39. The summed E-state index contributed by atoms with van der Waals surface area (Å²) < 4.78 is 5.14. The Morgan fingerprint density at radius 1 is 1.15 bits per heavy atom. The van der Waals surface area contributed by atoms with Crippen LogP contribution in [0.2, 0.25) is 0 Å². The maximum Gasteiger partial charge on any atom is 0.239 e. The summed E-state index contributed by atoms with van der Waals surface area (Å²) in [6, 6.07) is 9.62. The Morgan fingerprint density at radius 3 is 2.52 bits per heavy atom. The van der Waals surface area contributed by atoms with Gasteiger partial charge in [-0.05, 0) is 50.4 Å². The van der Waals surface area contributed by atoms with Crippen molar-refractivity contribution in [2.45, 2.75) is 19.3 Å². The minimum atomic E-state index is -0.531. The molecule has 0 N–H and O–H groups in total. The van der Waals surface area contributed by atoms with E-state index in [0.717, 1.165) is 51.3 Å². The number of para-hydroxylation sites is 1. The number of carbonyl (C=O) groups is 2. The molecule has 0 saturated carbocycles. The number of piperidine rings is 1. The van der Waals surface area contributed by atoms with Crippen molar-refractivity contribution in [3.05, 3.63) is 30.3 Å². The van der Waals surface area contributed by atoms with Gasteiger partial charge in [0.15, 0.2) is 0 Å². The molecule has 0 aromatic heterocycles. The van der Waals surface area contributed by atoms with E-state index < -0.39 is 5.92 Å². The number of rotatable bonds is 7. The number of anilines is 1. The van der Waals surface area contributed by atoms with Gasteiger partial charge in [-0.25, -0.2) is 0 Å². The van der Waals surface area contributed by atoms with E-state index in [1.54, 1.807) is 16.9 Å². The quantitative estimate of drug-likeness (QED) is 0.685. The summed E-state index contributed by atoms with van der Waals surface area (Å²) in [6.45, 7) is 5.21. The first-order valence-corrected chi connectivity index (χ1v) is 9.93. The van der Waals surface area contributed by atoms with Gasteiger partial charge < -0.3 is 19.4 Å². The Hall–Kier alpha value is -1.92. The number of methoxy groups -OCH3 is 1. The molecule has 0 aliphatic carbocycles. The number of amides is 2. The largest absolute Gasteiger partial charge is 0.383 e. The minimum Gasteiger partial charge on any atom is -0.383 e. The molecule has 1 aromatic carbocycles. The van der Waals surface area contributed by atoms with E-state index in [4.69, 9.17) is 4.74 Å². The van der Waals surface area contributed by atoms with Gasteiger partial charge >= 0.3 is 0 Å². The van der Waals surface area contributed by atoms with E-state index in [0.29, 0.717) is 18.9 Å². The first-order valence-electron chi connectivity index (χ1n) is 9.93. The molecule has 27 heavy (non-hydrogen) atoms. The third-order valence-corrected chi connectivity index (χ3v) is 5.80. The molecular formula is C21H31N3O3. The molecule has 1 aromatic rings. The van der Waals surface area contributed by atoms with Gasteiger partial charge in [-0.15, -0.1) is 0 Å². The van der Waals surface area contributed by atoms with Crippen molar-refractivity contribution < 1.29 is 14.3 Å². The van der Waals surface area contributed by atoms with E-state index in [2.05, 4.69) is 4.90 Å². The van der Waals surface area contributed by atoms with E-state index in [1.807, 2.05) is 37.4 Å². The van der Waals surface area contributed by atoms with E-state index >= 15 is 0 Å². The molecule has 6 nitrogen and oxygen atoms in total. The maximum atomic E-state index is 12.9. The van der Waals surface area contributed by atoms with E-state index in [1.165, 1.54) is 0 Å². The van der Waals surface area contributed by atoms with Gasteiger partial charge in [-0.1, -0.05) is 18.2 Å². The molecule has 3 rings (SSSR count). The predicted molar refractivity (Wildman–Crippen MR) is 106 cm³/mol. The van der Waals surface area contributed by atoms with E-state index in [-0.39, 0.29) is 11.8 Å². The average molecular weight is 373 g/mol. The molecule has 2 heterocycles. The van der Waals surface area contributed by atoms with Crippen molar-refractivity contribution >= 4 is 17.5 Å². The summed E-state index contributed by atoms with van der Waals surface area (Å²) in [7, 11) is 3.58. The minimum absolute atomic E-state index is 0.0276. The predicted octanol–water partition coefficient (Wildman–Crippen LogP) is 1.86. The normalized spacial score (nSPS) is 21.6. The number of ether oxygens (including phenoxy) is 1. The lowest BCUT2D eigenvalue weighted by atomic mass is 9.95. The summed E-state index contributed by atoms with van der Waals surface area (Å²) in [5.41, 5.74) is 0.879. The van der Waals surface area contributed by atoms with Crippen LogP contribution in [-0.4, -0.2) is 75.1 Å². The second-order valence-corrected chi connectivity index (χ2v) is 7.66. The fourth-order valence-corrected chi connectivity index (χ4v) is 4.13. The molecule has 6 heteroatoms. The maximum absolute atomic E-state index is 12.9. The zero-order valence-electron chi connectivity index (χ0n) is 16.5. The molecule has 2 amide bonds. The van der Waals surface area contributed by atoms with Gasteiger partial charge in [0, 0.05) is 39.5 Å². The second-order valence-electron chi connectivity index (χ2n) is 7.66. The van der Waals surface area contributed by atoms with Crippen LogP contribution in [0.5, 0.6) is 0 Å². The molecule has 0 spiro atoms. The van der Waals surface area contributed by atoms with Crippen molar-refractivity contribution in [3.8, 4) is 0 Å². The number of hydrogen-bond donors (Lipinski definition) is 0. The van der Waals surface area contributed by atoms with Crippen LogP contribution in [0.3, 0.4) is 0 Å². The zero-order chi connectivity index (χ0) is 19.2. The lowest BCUT2D eigenvalue weighted by molar-refractivity contribution is -0.139. The van der Waals surface area contributed by atoms with Gasteiger partial charge in [-0.2, -0.15) is 0 Å². The molecule has 0 bridgehead atoms. The van der Waals surface area contributed by atoms with E-state index in [9.17, 15) is 9.59 Å². The molecule has 2 saturated heterocycles. The van der Waals surface area contributed by atoms with Crippen LogP contribution in [0.1, 0.15) is 19.3 Å². The third-order valence-electron chi connectivity index (χ3n) is 5.80. The fourth-order valence-electron chi connectivity index (χ4n) is 4.13. The Kier molecular flexibility index (Phi) is 6.85. The fraction of sp³-hybridized carbons (Fsp3) is 0.619. The molecule has 0 radical (unpaired) electrons. The molecular weight excluding hydrogens is 342 g/mol. The highest BCUT2D eigenvalue weighted by atomic mass is 16.5. The number of benzene rings is 1. The molecule has 148 valence electrons. The third kappa shape index (κ3) is 4.87. The van der Waals surface area contributed by atoms with Gasteiger partial charge in [0.05, 0.1) is 6.61 Å². The van der Waals surface area contributed by atoms with Crippen molar-refractivity contribution in [1.29, 1.82) is 0 Å². The van der Waals surface area contributed by atoms with Gasteiger partial charge in [0.2, 0.25) is 11.8 Å². The molecule has 0 unspecified atom stereocenters. The van der Waals surface area contributed by atoms with Gasteiger partial charge in [0.1, 0.15) is 5.92 Å². The summed E-state index contributed by atoms with van der Waals surface area (Å²) in [5.74, 6) is -0.107.